The van der Waals surface area contributed by atoms with Crippen molar-refractivity contribution in [1.29, 1.82) is 0 Å². The Bertz CT molecular complexity index is 378. The second-order valence-electron chi connectivity index (χ2n) is 2.75. The highest BCUT2D eigenvalue weighted by Gasteiger charge is 2.09. The molecule has 0 amide bonds. The van der Waals surface area contributed by atoms with E-state index in [4.69, 9.17) is 5.14 Å². The molecule has 0 aliphatic heterocycles. The first-order chi connectivity index (χ1) is 5.38. The highest BCUT2D eigenvalue weighted by molar-refractivity contribution is 7.88. The van der Waals surface area contributed by atoms with Gasteiger partial charge in [0.2, 0.25) is 10.0 Å². The lowest BCUT2D eigenvalue weighted by Crippen LogP contribution is -2.14. The summed E-state index contributed by atoms with van der Waals surface area (Å²) in [5.74, 6) is -0.0524. The standard InChI is InChI=1S/C7H11NO2S2/c1-5-3-7(6(2)11-5)4-12(8,9)10/h3H,4H2,1-2H3,(H2,8,9,10). The molecule has 0 aromatic carbocycles. The van der Waals surface area contributed by atoms with Crippen LogP contribution in [0.1, 0.15) is 15.3 Å². The maximum absolute atomic E-state index is 10.7. The Morgan fingerprint density at radius 3 is 2.42 bits per heavy atom. The molecule has 68 valence electrons. The Kier molecular flexibility index (Phi) is 2.55. The summed E-state index contributed by atoms with van der Waals surface area (Å²) in [6, 6.07) is 1.87. The lowest BCUT2D eigenvalue weighted by atomic mass is 10.3. The first-order valence-electron chi connectivity index (χ1n) is 3.45. The molecule has 1 aromatic rings. The molecule has 0 saturated carbocycles. The van der Waals surface area contributed by atoms with E-state index in [9.17, 15) is 8.42 Å². The third-order valence-corrected chi connectivity index (χ3v) is 3.22. The Labute approximate surface area is 76.3 Å². The summed E-state index contributed by atoms with van der Waals surface area (Å²) < 4.78 is 21.5. The minimum absolute atomic E-state index is 0.0524. The van der Waals surface area contributed by atoms with Crippen molar-refractivity contribution in [3.8, 4) is 0 Å². The monoisotopic (exact) mass is 205 g/mol. The number of sulfonamides is 1. The highest BCUT2D eigenvalue weighted by atomic mass is 32.2. The molecule has 0 atom stereocenters. The van der Waals surface area contributed by atoms with E-state index in [-0.39, 0.29) is 5.75 Å². The van der Waals surface area contributed by atoms with Crippen molar-refractivity contribution in [3.63, 3.8) is 0 Å². The third kappa shape index (κ3) is 2.58. The van der Waals surface area contributed by atoms with Crippen LogP contribution in [-0.2, 0) is 15.8 Å². The molecule has 0 aliphatic carbocycles. The van der Waals surface area contributed by atoms with E-state index in [0.717, 1.165) is 15.3 Å². The van der Waals surface area contributed by atoms with Crippen LogP contribution in [0.15, 0.2) is 6.07 Å². The molecule has 1 aromatic heterocycles. The van der Waals surface area contributed by atoms with Gasteiger partial charge in [0.05, 0.1) is 5.75 Å². The summed E-state index contributed by atoms with van der Waals surface area (Å²) in [7, 11) is -3.38. The van der Waals surface area contributed by atoms with Gasteiger partial charge >= 0.3 is 0 Å². The fourth-order valence-electron chi connectivity index (χ4n) is 1.04. The van der Waals surface area contributed by atoms with E-state index in [0.29, 0.717) is 0 Å². The van der Waals surface area contributed by atoms with Crippen molar-refractivity contribution >= 4 is 21.4 Å². The van der Waals surface area contributed by atoms with Gasteiger partial charge in [-0.2, -0.15) is 0 Å². The highest BCUT2D eigenvalue weighted by Crippen LogP contribution is 2.21. The predicted octanol–water partition coefficient (Wildman–Crippen LogP) is 1.15. The molecule has 0 saturated heterocycles. The van der Waals surface area contributed by atoms with E-state index < -0.39 is 10.0 Å². The van der Waals surface area contributed by atoms with Crippen molar-refractivity contribution < 1.29 is 8.42 Å². The quantitative estimate of drug-likeness (QED) is 0.787. The van der Waals surface area contributed by atoms with E-state index in [1.165, 1.54) is 0 Å². The number of primary sulfonamides is 1. The zero-order chi connectivity index (χ0) is 9.35. The summed E-state index contributed by atoms with van der Waals surface area (Å²) >= 11 is 1.59. The molecule has 0 radical (unpaired) electrons. The van der Waals surface area contributed by atoms with Gasteiger partial charge in [0.25, 0.3) is 0 Å². The van der Waals surface area contributed by atoms with Gasteiger partial charge in [-0.15, -0.1) is 11.3 Å². The van der Waals surface area contributed by atoms with Gasteiger partial charge in [-0.3, -0.25) is 0 Å². The normalized spacial score (nSPS) is 11.9. The number of nitrogens with two attached hydrogens (primary N) is 1. The summed E-state index contributed by atoms with van der Waals surface area (Å²) in [5, 5.41) is 4.92. The first-order valence-corrected chi connectivity index (χ1v) is 5.98. The Morgan fingerprint density at radius 2 is 2.08 bits per heavy atom. The van der Waals surface area contributed by atoms with Crippen LogP contribution in [0.25, 0.3) is 0 Å². The zero-order valence-corrected chi connectivity index (χ0v) is 8.63. The molecule has 0 unspecified atom stereocenters. The number of thiophene rings is 1. The van der Waals surface area contributed by atoms with Gasteiger partial charge in [0.15, 0.2) is 0 Å². The lowest BCUT2D eigenvalue weighted by molar-refractivity contribution is 0.597. The molecule has 0 bridgehead atoms. The predicted molar refractivity (Wildman–Crippen MR) is 50.6 cm³/mol. The molecule has 0 spiro atoms. The zero-order valence-electron chi connectivity index (χ0n) is 6.99. The molecule has 0 aliphatic rings. The average molecular weight is 205 g/mol. The molecule has 3 nitrogen and oxygen atoms in total. The minimum atomic E-state index is -3.38. The van der Waals surface area contributed by atoms with Crippen LogP contribution in [-0.4, -0.2) is 8.42 Å². The van der Waals surface area contributed by atoms with Crippen molar-refractivity contribution in [1.82, 2.24) is 0 Å². The molecule has 0 fully saturated rings. The molecule has 1 heterocycles. The summed E-state index contributed by atoms with van der Waals surface area (Å²) in [6.45, 7) is 3.85. The summed E-state index contributed by atoms with van der Waals surface area (Å²) in [4.78, 5) is 2.15. The van der Waals surface area contributed by atoms with Crippen molar-refractivity contribution in [2.24, 2.45) is 5.14 Å². The van der Waals surface area contributed by atoms with Gasteiger partial charge in [0.1, 0.15) is 0 Å². The maximum Gasteiger partial charge on any atom is 0.213 e. The van der Waals surface area contributed by atoms with Crippen molar-refractivity contribution in [3.05, 3.63) is 21.4 Å². The SMILES string of the molecule is Cc1cc(CS(N)(=O)=O)c(C)s1. The van der Waals surface area contributed by atoms with E-state index in [1.807, 2.05) is 19.9 Å². The van der Waals surface area contributed by atoms with Gasteiger partial charge in [-0.25, -0.2) is 13.6 Å². The molecule has 1 rings (SSSR count). The smallest absolute Gasteiger partial charge is 0.213 e. The largest absolute Gasteiger partial charge is 0.228 e. The van der Waals surface area contributed by atoms with E-state index in [2.05, 4.69) is 0 Å². The van der Waals surface area contributed by atoms with Crippen LogP contribution in [0.2, 0.25) is 0 Å². The second-order valence-corrected chi connectivity index (χ2v) is 5.82. The van der Waals surface area contributed by atoms with Gasteiger partial charge in [-0.1, -0.05) is 0 Å². The average Bonchev–Trinajstić information content (AvgIpc) is 2.06. The van der Waals surface area contributed by atoms with Crippen LogP contribution >= 0.6 is 11.3 Å². The van der Waals surface area contributed by atoms with E-state index >= 15 is 0 Å². The summed E-state index contributed by atoms with van der Waals surface area (Å²) in [6.07, 6.45) is 0. The Balaban J connectivity index is 2.97. The van der Waals surface area contributed by atoms with E-state index in [1.54, 1.807) is 11.3 Å². The molecular formula is C7H11NO2S2. The van der Waals surface area contributed by atoms with Crippen molar-refractivity contribution in [2.75, 3.05) is 0 Å². The third-order valence-electron chi connectivity index (χ3n) is 1.50. The van der Waals surface area contributed by atoms with Crippen molar-refractivity contribution in [2.45, 2.75) is 19.6 Å². The lowest BCUT2D eigenvalue weighted by Gasteiger charge is -1.95. The van der Waals surface area contributed by atoms with Gasteiger partial charge in [0, 0.05) is 9.75 Å². The molecule has 12 heavy (non-hydrogen) atoms. The number of hydrogen-bond donors (Lipinski definition) is 1. The fraction of sp³-hybridized carbons (Fsp3) is 0.429. The number of hydrogen-bond acceptors (Lipinski definition) is 3. The molecule has 2 N–H and O–H groups in total. The maximum atomic E-state index is 10.7. The van der Waals surface area contributed by atoms with Crippen LogP contribution in [0, 0.1) is 13.8 Å². The Morgan fingerprint density at radius 1 is 1.50 bits per heavy atom. The van der Waals surface area contributed by atoms with Crippen LogP contribution < -0.4 is 5.14 Å². The fourth-order valence-corrected chi connectivity index (χ4v) is 2.81. The van der Waals surface area contributed by atoms with Gasteiger partial charge < -0.3 is 0 Å². The number of aryl methyl sites for hydroxylation is 2. The molecule has 5 heteroatoms. The second kappa shape index (κ2) is 3.16. The van der Waals surface area contributed by atoms with Gasteiger partial charge in [-0.05, 0) is 25.5 Å². The van der Waals surface area contributed by atoms with Crippen LogP contribution in [0.3, 0.4) is 0 Å². The molecular weight excluding hydrogens is 194 g/mol. The minimum Gasteiger partial charge on any atom is -0.228 e. The van der Waals surface area contributed by atoms with Crippen LogP contribution in [0.4, 0.5) is 0 Å². The first kappa shape index (κ1) is 9.70. The summed E-state index contributed by atoms with van der Waals surface area (Å²) in [5.41, 5.74) is 0.819. The Hall–Kier alpha value is -0.390. The topological polar surface area (TPSA) is 60.2 Å². The number of rotatable bonds is 2. The van der Waals surface area contributed by atoms with Crippen LogP contribution in [0.5, 0.6) is 0 Å².